The van der Waals surface area contributed by atoms with E-state index in [4.69, 9.17) is 9.47 Å². The van der Waals surface area contributed by atoms with Gasteiger partial charge in [-0.1, -0.05) is 18.2 Å². The Balaban J connectivity index is 1.84. The number of nitrogens with zero attached hydrogens (tertiary/aromatic N) is 1. The van der Waals surface area contributed by atoms with E-state index in [2.05, 4.69) is 0 Å². The van der Waals surface area contributed by atoms with Crippen molar-refractivity contribution in [1.29, 1.82) is 0 Å². The van der Waals surface area contributed by atoms with E-state index in [-0.39, 0.29) is 29.0 Å². The first-order chi connectivity index (χ1) is 16.7. The molecule has 4 rings (SSSR count). The van der Waals surface area contributed by atoms with Crippen LogP contribution in [0.4, 0.5) is 13.2 Å². The fourth-order valence-electron chi connectivity index (χ4n) is 3.97. The molecule has 1 saturated heterocycles. The summed E-state index contributed by atoms with van der Waals surface area (Å²) in [5.41, 5.74) is -0.705. The van der Waals surface area contributed by atoms with Crippen molar-refractivity contribution in [2.45, 2.75) is 18.8 Å². The minimum Gasteiger partial charge on any atom is -0.507 e. The molecule has 1 aliphatic heterocycles. The second-order valence-electron chi connectivity index (χ2n) is 7.71. The van der Waals surface area contributed by atoms with Gasteiger partial charge in [-0.15, -0.1) is 11.3 Å². The van der Waals surface area contributed by atoms with Gasteiger partial charge >= 0.3 is 6.18 Å². The van der Waals surface area contributed by atoms with Crippen LogP contribution in [-0.2, 0) is 22.3 Å². The van der Waals surface area contributed by atoms with E-state index in [0.29, 0.717) is 10.6 Å². The van der Waals surface area contributed by atoms with Crippen LogP contribution in [0.15, 0.2) is 65.6 Å². The molecule has 6 nitrogen and oxygen atoms in total. The van der Waals surface area contributed by atoms with Crippen LogP contribution in [0.2, 0.25) is 0 Å². The molecule has 1 amide bonds. The molecule has 2 aromatic carbocycles. The summed E-state index contributed by atoms with van der Waals surface area (Å²) in [6.45, 7) is -0.261. The smallest absolute Gasteiger partial charge is 0.416 e. The van der Waals surface area contributed by atoms with Gasteiger partial charge in [-0.3, -0.25) is 9.59 Å². The Kier molecular flexibility index (Phi) is 6.58. The van der Waals surface area contributed by atoms with Gasteiger partial charge in [0.25, 0.3) is 11.7 Å². The average Bonchev–Trinajstić information content (AvgIpc) is 3.45. The number of carbonyl (C=O) groups is 2. The maximum absolute atomic E-state index is 13.2. The molecule has 1 aromatic heterocycles. The molecule has 1 atom stereocenters. The molecule has 2 heterocycles. The Bertz CT molecular complexity index is 1300. The van der Waals surface area contributed by atoms with Gasteiger partial charge in [-0.25, -0.2) is 0 Å². The van der Waals surface area contributed by atoms with Crippen LogP contribution in [0.1, 0.15) is 27.6 Å². The predicted octanol–water partition coefficient (Wildman–Crippen LogP) is 5.41. The SMILES string of the molecule is COc1ccc(OC)c(/C(O)=C2/C(=O)C(=O)N(Cc3cccc(C(F)(F)F)c3)C2c2cccs2)c1. The van der Waals surface area contributed by atoms with Crippen molar-refractivity contribution >= 4 is 28.8 Å². The Morgan fingerprint density at radius 3 is 2.46 bits per heavy atom. The monoisotopic (exact) mass is 503 g/mol. The zero-order valence-corrected chi connectivity index (χ0v) is 19.4. The van der Waals surface area contributed by atoms with E-state index >= 15 is 0 Å². The summed E-state index contributed by atoms with van der Waals surface area (Å²) in [5.74, 6) is -1.71. The fourth-order valence-corrected chi connectivity index (χ4v) is 4.82. The topological polar surface area (TPSA) is 76.1 Å². The number of ketones is 1. The summed E-state index contributed by atoms with van der Waals surface area (Å²) in [6.07, 6.45) is -4.56. The number of rotatable bonds is 6. The molecule has 0 spiro atoms. The number of halogens is 3. The Hall–Kier alpha value is -3.79. The molecule has 1 fully saturated rings. The van der Waals surface area contributed by atoms with Crippen molar-refractivity contribution < 1.29 is 37.3 Å². The van der Waals surface area contributed by atoms with E-state index in [1.54, 1.807) is 29.6 Å². The molecule has 35 heavy (non-hydrogen) atoms. The number of likely N-dealkylation sites (tertiary alicyclic amines) is 1. The number of methoxy groups -OCH3 is 2. The van der Waals surface area contributed by atoms with Gasteiger partial charge in [0, 0.05) is 11.4 Å². The van der Waals surface area contributed by atoms with Gasteiger partial charge < -0.3 is 19.5 Å². The summed E-state index contributed by atoms with van der Waals surface area (Å²) in [6, 6.07) is 11.6. The van der Waals surface area contributed by atoms with Crippen molar-refractivity contribution in [1.82, 2.24) is 4.90 Å². The number of alkyl halides is 3. The molecule has 0 bridgehead atoms. The third kappa shape index (κ3) is 4.61. The Morgan fingerprint density at radius 2 is 1.83 bits per heavy atom. The largest absolute Gasteiger partial charge is 0.507 e. The quantitative estimate of drug-likeness (QED) is 0.277. The number of aliphatic hydroxyl groups excluding tert-OH is 1. The second kappa shape index (κ2) is 9.46. The first kappa shape index (κ1) is 24.3. The number of Topliss-reactive ketones (excluding diaryl/α,β-unsaturated/α-hetero) is 1. The van der Waals surface area contributed by atoms with Gasteiger partial charge in [0.05, 0.1) is 37.0 Å². The molecular weight excluding hydrogens is 483 g/mol. The lowest BCUT2D eigenvalue weighted by molar-refractivity contribution is -0.140. The number of hydrogen-bond acceptors (Lipinski definition) is 6. The molecule has 0 saturated carbocycles. The first-order valence-corrected chi connectivity index (χ1v) is 11.2. The molecular formula is C25H20F3NO5S. The van der Waals surface area contributed by atoms with Crippen molar-refractivity contribution in [3.05, 3.63) is 87.1 Å². The lowest BCUT2D eigenvalue weighted by atomic mass is 9.99. The molecule has 3 aromatic rings. The van der Waals surface area contributed by atoms with Gasteiger partial charge in [-0.2, -0.15) is 13.2 Å². The van der Waals surface area contributed by atoms with Crippen molar-refractivity contribution in [3.8, 4) is 11.5 Å². The summed E-state index contributed by atoms with van der Waals surface area (Å²) >= 11 is 1.25. The highest BCUT2D eigenvalue weighted by molar-refractivity contribution is 7.10. The minimum atomic E-state index is -4.56. The van der Waals surface area contributed by atoms with Crippen LogP contribution < -0.4 is 9.47 Å². The van der Waals surface area contributed by atoms with E-state index in [1.807, 2.05) is 0 Å². The summed E-state index contributed by atoms with van der Waals surface area (Å²) in [5, 5.41) is 13.0. The van der Waals surface area contributed by atoms with Crippen LogP contribution in [0.25, 0.3) is 5.76 Å². The number of aliphatic hydroxyl groups is 1. The van der Waals surface area contributed by atoms with E-state index < -0.39 is 35.2 Å². The molecule has 0 aliphatic carbocycles. The minimum absolute atomic E-state index is 0.144. The van der Waals surface area contributed by atoms with Crippen molar-refractivity contribution in [3.63, 3.8) is 0 Å². The first-order valence-electron chi connectivity index (χ1n) is 10.4. The fraction of sp³-hybridized carbons (Fsp3) is 0.200. The van der Waals surface area contributed by atoms with Gasteiger partial charge in [0.15, 0.2) is 0 Å². The van der Waals surface area contributed by atoms with Crippen LogP contribution in [0, 0.1) is 0 Å². The zero-order valence-electron chi connectivity index (χ0n) is 18.6. The van der Waals surface area contributed by atoms with Crippen LogP contribution in [0.5, 0.6) is 11.5 Å². The summed E-state index contributed by atoms with van der Waals surface area (Å²) < 4.78 is 50.2. The normalized spacial score (nSPS) is 17.6. The number of ether oxygens (including phenoxy) is 2. The Labute approximate surface area is 202 Å². The molecule has 1 N–H and O–H groups in total. The van der Waals surface area contributed by atoms with Crippen molar-refractivity contribution in [2.75, 3.05) is 14.2 Å². The highest BCUT2D eigenvalue weighted by Crippen LogP contribution is 2.43. The van der Waals surface area contributed by atoms with Crippen molar-refractivity contribution in [2.24, 2.45) is 0 Å². The standard InChI is InChI=1S/C25H20F3NO5S/c1-33-16-8-9-18(34-2)17(12-16)22(30)20-21(19-7-4-10-35-19)29(24(32)23(20)31)13-14-5-3-6-15(11-14)25(26,27)28/h3-12,21,30H,13H2,1-2H3/b22-20-. The molecule has 0 radical (unpaired) electrons. The second-order valence-corrected chi connectivity index (χ2v) is 8.69. The van der Waals surface area contributed by atoms with Gasteiger partial charge in [0.1, 0.15) is 17.3 Å². The lowest BCUT2D eigenvalue weighted by Crippen LogP contribution is -2.29. The van der Waals surface area contributed by atoms with E-state index in [1.165, 1.54) is 48.7 Å². The highest BCUT2D eigenvalue weighted by atomic mass is 32.1. The molecule has 1 aliphatic rings. The lowest BCUT2D eigenvalue weighted by Gasteiger charge is -2.24. The summed E-state index contributed by atoms with van der Waals surface area (Å²) in [7, 11) is 2.83. The number of benzene rings is 2. The number of thiophene rings is 1. The highest BCUT2D eigenvalue weighted by Gasteiger charge is 2.47. The summed E-state index contributed by atoms with van der Waals surface area (Å²) in [4.78, 5) is 28.0. The maximum atomic E-state index is 13.2. The third-order valence-electron chi connectivity index (χ3n) is 5.62. The van der Waals surface area contributed by atoms with Crippen LogP contribution >= 0.6 is 11.3 Å². The van der Waals surface area contributed by atoms with Crippen LogP contribution in [-0.4, -0.2) is 35.9 Å². The number of hydrogen-bond donors (Lipinski definition) is 1. The van der Waals surface area contributed by atoms with E-state index in [9.17, 15) is 27.9 Å². The number of amides is 1. The molecule has 182 valence electrons. The maximum Gasteiger partial charge on any atom is 0.416 e. The van der Waals surface area contributed by atoms with Crippen LogP contribution in [0.3, 0.4) is 0 Å². The predicted molar refractivity (Wildman–Crippen MR) is 123 cm³/mol. The average molecular weight is 503 g/mol. The van der Waals surface area contributed by atoms with Gasteiger partial charge in [0.2, 0.25) is 0 Å². The van der Waals surface area contributed by atoms with E-state index in [0.717, 1.165) is 12.1 Å². The molecule has 1 unspecified atom stereocenters. The third-order valence-corrected chi connectivity index (χ3v) is 6.55. The van der Waals surface area contributed by atoms with Gasteiger partial charge in [-0.05, 0) is 47.3 Å². The molecule has 10 heteroatoms. The zero-order chi connectivity index (χ0) is 25.3. The number of carbonyl (C=O) groups excluding carboxylic acids is 2. The Morgan fingerprint density at radius 1 is 1.06 bits per heavy atom.